The molecule has 0 saturated carbocycles. The summed E-state index contributed by atoms with van der Waals surface area (Å²) in [6, 6.07) is 20.3. The fourth-order valence-corrected chi connectivity index (χ4v) is 3.57. The van der Waals surface area contributed by atoms with E-state index in [-0.39, 0.29) is 19.0 Å². The van der Waals surface area contributed by atoms with Crippen molar-refractivity contribution in [3.63, 3.8) is 0 Å². The number of carbonyl (C=O) groups excluding carboxylic acids is 3. The second kappa shape index (κ2) is 8.24. The van der Waals surface area contributed by atoms with E-state index in [0.29, 0.717) is 23.7 Å². The van der Waals surface area contributed by atoms with Gasteiger partial charge in [0.15, 0.2) is 0 Å². The van der Waals surface area contributed by atoms with Gasteiger partial charge in [-0.2, -0.15) is 0 Å². The standard InChI is InChI=1S/C23H21N3O4/c1-30-18-9-5-8-17(14-18)24-21(27)15-25-12-13-26(23(29)22(25)28)20-11-4-7-16-6-2-3-10-19(16)20/h2-11,14H,12-13,15H2,1H3,(H,24,27). The van der Waals surface area contributed by atoms with Crippen LogP contribution in [0.5, 0.6) is 5.75 Å². The van der Waals surface area contributed by atoms with Crippen molar-refractivity contribution in [1.29, 1.82) is 0 Å². The van der Waals surface area contributed by atoms with E-state index in [2.05, 4.69) is 5.32 Å². The molecule has 0 atom stereocenters. The average molecular weight is 403 g/mol. The summed E-state index contributed by atoms with van der Waals surface area (Å²) < 4.78 is 5.14. The van der Waals surface area contributed by atoms with Gasteiger partial charge in [-0.1, -0.05) is 42.5 Å². The Balaban J connectivity index is 1.46. The van der Waals surface area contributed by atoms with Crippen molar-refractivity contribution in [1.82, 2.24) is 4.90 Å². The van der Waals surface area contributed by atoms with Crippen LogP contribution in [0.15, 0.2) is 66.7 Å². The van der Waals surface area contributed by atoms with Gasteiger partial charge < -0.3 is 19.9 Å². The normalized spacial score (nSPS) is 14.2. The van der Waals surface area contributed by atoms with E-state index in [1.807, 2.05) is 42.5 Å². The molecule has 0 aliphatic carbocycles. The summed E-state index contributed by atoms with van der Waals surface area (Å²) in [5.41, 5.74) is 1.26. The molecule has 0 unspecified atom stereocenters. The number of amides is 3. The zero-order valence-electron chi connectivity index (χ0n) is 16.5. The minimum atomic E-state index is -0.685. The third-order valence-electron chi connectivity index (χ3n) is 5.05. The molecular weight excluding hydrogens is 382 g/mol. The molecule has 3 aromatic rings. The Labute approximate surface area is 173 Å². The molecule has 1 fully saturated rings. The van der Waals surface area contributed by atoms with Crippen LogP contribution in [0.1, 0.15) is 0 Å². The van der Waals surface area contributed by atoms with Gasteiger partial charge in [-0.05, 0) is 23.6 Å². The molecule has 4 rings (SSSR count). The Bertz CT molecular complexity index is 1120. The fourth-order valence-electron chi connectivity index (χ4n) is 3.57. The van der Waals surface area contributed by atoms with Crippen LogP contribution in [0.25, 0.3) is 10.8 Å². The monoisotopic (exact) mass is 403 g/mol. The minimum Gasteiger partial charge on any atom is -0.497 e. The lowest BCUT2D eigenvalue weighted by Gasteiger charge is -2.33. The number of nitrogens with one attached hydrogen (secondary N) is 1. The first kappa shape index (κ1) is 19.4. The maximum Gasteiger partial charge on any atom is 0.316 e. The third kappa shape index (κ3) is 3.82. The first-order valence-electron chi connectivity index (χ1n) is 9.59. The van der Waals surface area contributed by atoms with E-state index in [4.69, 9.17) is 4.74 Å². The van der Waals surface area contributed by atoms with Gasteiger partial charge in [0, 0.05) is 30.2 Å². The van der Waals surface area contributed by atoms with Crippen molar-refractivity contribution in [3.05, 3.63) is 66.7 Å². The number of nitrogens with zero attached hydrogens (tertiary/aromatic N) is 2. The van der Waals surface area contributed by atoms with Crippen molar-refractivity contribution in [2.24, 2.45) is 0 Å². The highest BCUT2D eigenvalue weighted by molar-refractivity contribution is 6.41. The van der Waals surface area contributed by atoms with Crippen molar-refractivity contribution < 1.29 is 19.1 Å². The van der Waals surface area contributed by atoms with Gasteiger partial charge in [0.05, 0.1) is 12.8 Å². The molecular formula is C23H21N3O4. The van der Waals surface area contributed by atoms with E-state index in [0.717, 1.165) is 10.8 Å². The number of anilines is 2. The number of hydrogen-bond acceptors (Lipinski definition) is 4. The summed E-state index contributed by atoms with van der Waals surface area (Å²) in [4.78, 5) is 40.6. The van der Waals surface area contributed by atoms with Gasteiger partial charge >= 0.3 is 11.8 Å². The molecule has 1 N–H and O–H groups in total. The predicted octanol–water partition coefficient (Wildman–Crippen LogP) is 2.66. The number of benzene rings is 3. The van der Waals surface area contributed by atoms with Crippen LogP contribution < -0.4 is 15.0 Å². The molecule has 3 amide bonds. The van der Waals surface area contributed by atoms with Gasteiger partial charge in [0.1, 0.15) is 12.3 Å². The number of piperazine rings is 1. The van der Waals surface area contributed by atoms with Gasteiger partial charge in [-0.15, -0.1) is 0 Å². The Morgan fingerprint density at radius 3 is 2.57 bits per heavy atom. The van der Waals surface area contributed by atoms with Gasteiger partial charge in [-0.25, -0.2) is 0 Å². The van der Waals surface area contributed by atoms with E-state index in [1.54, 1.807) is 31.4 Å². The van der Waals surface area contributed by atoms with Crippen molar-refractivity contribution in [2.75, 3.05) is 37.0 Å². The summed E-state index contributed by atoms with van der Waals surface area (Å²) in [7, 11) is 1.54. The van der Waals surface area contributed by atoms with Gasteiger partial charge in [0.2, 0.25) is 5.91 Å². The predicted molar refractivity (Wildman–Crippen MR) is 115 cm³/mol. The first-order valence-corrected chi connectivity index (χ1v) is 9.59. The lowest BCUT2D eigenvalue weighted by atomic mass is 10.1. The molecule has 1 aliphatic rings. The number of fused-ring (bicyclic) bond motifs is 1. The van der Waals surface area contributed by atoms with Crippen LogP contribution in [-0.2, 0) is 14.4 Å². The highest BCUT2D eigenvalue weighted by atomic mass is 16.5. The molecule has 1 aliphatic heterocycles. The van der Waals surface area contributed by atoms with Gasteiger partial charge in [-0.3, -0.25) is 14.4 Å². The van der Waals surface area contributed by atoms with Crippen LogP contribution >= 0.6 is 0 Å². The molecule has 7 heteroatoms. The Kier molecular flexibility index (Phi) is 5.34. The molecule has 0 aromatic heterocycles. The Morgan fingerprint density at radius 1 is 0.967 bits per heavy atom. The van der Waals surface area contributed by atoms with Crippen molar-refractivity contribution in [2.45, 2.75) is 0 Å². The summed E-state index contributed by atoms with van der Waals surface area (Å²) in [5.74, 6) is -1.08. The van der Waals surface area contributed by atoms with Crippen LogP contribution in [0.3, 0.4) is 0 Å². The highest BCUT2D eigenvalue weighted by Gasteiger charge is 2.34. The number of methoxy groups -OCH3 is 1. The summed E-state index contributed by atoms with van der Waals surface area (Å²) in [6.07, 6.45) is 0. The first-order chi connectivity index (χ1) is 14.6. The zero-order chi connectivity index (χ0) is 21.1. The molecule has 0 radical (unpaired) electrons. The van der Waals surface area contributed by atoms with Crippen LogP contribution in [0.2, 0.25) is 0 Å². The lowest BCUT2D eigenvalue weighted by Crippen LogP contribution is -2.56. The largest absolute Gasteiger partial charge is 0.497 e. The lowest BCUT2D eigenvalue weighted by molar-refractivity contribution is -0.147. The summed E-state index contributed by atoms with van der Waals surface area (Å²) in [6.45, 7) is 0.412. The third-order valence-corrected chi connectivity index (χ3v) is 5.05. The molecule has 0 spiro atoms. The van der Waals surface area contributed by atoms with Crippen LogP contribution in [0.4, 0.5) is 11.4 Å². The van der Waals surface area contributed by atoms with Crippen molar-refractivity contribution >= 4 is 39.9 Å². The quantitative estimate of drug-likeness (QED) is 0.665. The van der Waals surface area contributed by atoms with Gasteiger partial charge in [0.25, 0.3) is 0 Å². The number of ether oxygens (including phenoxy) is 1. The maximum atomic E-state index is 12.8. The highest BCUT2D eigenvalue weighted by Crippen LogP contribution is 2.28. The van der Waals surface area contributed by atoms with E-state index < -0.39 is 11.8 Å². The number of carbonyl (C=O) groups is 3. The second-order valence-electron chi connectivity index (χ2n) is 6.96. The average Bonchev–Trinajstić information content (AvgIpc) is 2.77. The maximum absolute atomic E-state index is 12.8. The molecule has 152 valence electrons. The minimum absolute atomic E-state index is 0.189. The van der Waals surface area contributed by atoms with E-state index in [1.165, 1.54) is 9.80 Å². The Hall–Kier alpha value is -3.87. The topological polar surface area (TPSA) is 79.0 Å². The van der Waals surface area contributed by atoms with E-state index >= 15 is 0 Å². The van der Waals surface area contributed by atoms with E-state index in [9.17, 15) is 14.4 Å². The summed E-state index contributed by atoms with van der Waals surface area (Å²) in [5, 5.41) is 4.63. The molecule has 1 saturated heterocycles. The Morgan fingerprint density at radius 2 is 1.73 bits per heavy atom. The molecule has 3 aromatic carbocycles. The molecule has 1 heterocycles. The second-order valence-corrected chi connectivity index (χ2v) is 6.96. The zero-order valence-corrected chi connectivity index (χ0v) is 16.5. The van der Waals surface area contributed by atoms with Crippen LogP contribution in [-0.4, -0.2) is 49.4 Å². The fraction of sp³-hybridized carbons (Fsp3) is 0.174. The molecule has 0 bridgehead atoms. The smallest absolute Gasteiger partial charge is 0.316 e. The SMILES string of the molecule is COc1cccc(NC(=O)CN2CCN(c3cccc4ccccc34)C(=O)C2=O)c1. The molecule has 30 heavy (non-hydrogen) atoms. The summed E-state index contributed by atoms with van der Waals surface area (Å²) >= 11 is 0. The van der Waals surface area contributed by atoms with Crippen LogP contribution in [0, 0.1) is 0 Å². The number of hydrogen-bond donors (Lipinski definition) is 1. The molecule has 7 nitrogen and oxygen atoms in total. The van der Waals surface area contributed by atoms with Crippen molar-refractivity contribution in [3.8, 4) is 5.75 Å². The number of rotatable bonds is 5.